The molecular formula is C33H38N6O3. The number of benzene rings is 2. The maximum absolute atomic E-state index is 13.7. The fraction of sp³-hybridized carbons (Fsp3) is 0.394. The third kappa shape index (κ3) is 5.48. The highest BCUT2D eigenvalue weighted by atomic mass is 16.2. The minimum atomic E-state index is -0.260. The normalized spacial score (nSPS) is 17.7. The van der Waals surface area contributed by atoms with Crippen LogP contribution < -0.4 is 16.6 Å². The zero-order chi connectivity index (χ0) is 29.4. The molecule has 42 heavy (non-hydrogen) atoms. The van der Waals surface area contributed by atoms with Crippen molar-refractivity contribution in [2.24, 2.45) is 5.73 Å². The van der Waals surface area contributed by atoms with Crippen LogP contribution in [0.4, 0.5) is 0 Å². The van der Waals surface area contributed by atoms with Crippen molar-refractivity contribution in [3.05, 3.63) is 87.0 Å². The maximum atomic E-state index is 13.7. The molecule has 1 atom stereocenters. The lowest BCUT2D eigenvalue weighted by atomic mass is 9.98. The van der Waals surface area contributed by atoms with Gasteiger partial charge in [0.1, 0.15) is 0 Å². The number of pyridine rings is 1. The van der Waals surface area contributed by atoms with E-state index in [4.69, 9.17) is 10.8 Å². The quantitative estimate of drug-likeness (QED) is 0.290. The van der Waals surface area contributed by atoms with Crippen molar-refractivity contribution < 1.29 is 9.59 Å². The second kappa shape index (κ2) is 11.6. The second-order valence-corrected chi connectivity index (χ2v) is 11.8. The van der Waals surface area contributed by atoms with Gasteiger partial charge in [-0.15, -0.1) is 0 Å². The highest BCUT2D eigenvalue weighted by molar-refractivity contribution is 6.08. The Morgan fingerprint density at radius 1 is 1.02 bits per heavy atom. The summed E-state index contributed by atoms with van der Waals surface area (Å²) in [6.45, 7) is 5.41. The van der Waals surface area contributed by atoms with Gasteiger partial charge in [0, 0.05) is 29.7 Å². The Morgan fingerprint density at radius 2 is 1.79 bits per heavy atom. The molecule has 3 heterocycles. The monoisotopic (exact) mass is 566 g/mol. The molecule has 1 aliphatic heterocycles. The van der Waals surface area contributed by atoms with Crippen LogP contribution in [0.15, 0.2) is 53.5 Å². The number of fused-ring (bicyclic) bond motifs is 1. The van der Waals surface area contributed by atoms with Crippen molar-refractivity contribution in [2.45, 2.75) is 77.5 Å². The molecule has 0 spiro atoms. The Bertz CT molecular complexity index is 1700. The molecule has 1 aliphatic carbocycles. The first-order chi connectivity index (χ1) is 20.3. The van der Waals surface area contributed by atoms with Crippen LogP contribution in [0.5, 0.6) is 0 Å². The molecule has 2 aliphatic rings. The summed E-state index contributed by atoms with van der Waals surface area (Å²) in [5, 5.41) is 8.54. The summed E-state index contributed by atoms with van der Waals surface area (Å²) >= 11 is 0. The average Bonchev–Trinajstić information content (AvgIpc) is 3.73. The van der Waals surface area contributed by atoms with Gasteiger partial charge in [0.25, 0.3) is 11.5 Å². The van der Waals surface area contributed by atoms with E-state index in [1.807, 2.05) is 26.0 Å². The van der Waals surface area contributed by atoms with Crippen molar-refractivity contribution >= 4 is 22.7 Å². The molecule has 0 bridgehead atoms. The Labute approximate surface area is 245 Å². The van der Waals surface area contributed by atoms with Gasteiger partial charge in [-0.25, -0.2) is 0 Å². The van der Waals surface area contributed by atoms with Crippen molar-refractivity contribution in [3.8, 4) is 11.1 Å². The molecule has 4 aromatic rings. The molecule has 218 valence electrons. The number of aromatic nitrogens is 3. The number of nitrogens with zero attached hydrogens (tertiary/aromatic N) is 3. The number of aromatic amines is 1. The minimum Gasteiger partial charge on any atom is -0.368 e. The van der Waals surface area contributed by atoms with Gasteiger partial charge in [0.2, 0.25) is 5.91 Å². The summed E-state index contributed by atoms with van der Waals surface area (Å²) in [7, 11) is 0. The van der Waals surface area contributed by atoms with Crippen LogP contribution in [0.2, 0.25) is 0 Å². The molecule has 2 amide bonds. The van der Waals surface area contributed by atoms with E-state index >= 15 is 0 Å². The molecule has 6 rings (SSSR count). The van der Waals surface area contributed by atoms with E-state index in [0.29, 0.717) is 23.7 Å². The molecule has 4 N–H and O–H groups in total. The lowest BCUT2D eigenvalue weighted by molar-refractivity contribution is -0.122. The van der Waals surface area contributed by atoms with Crippen LogP contribution in [-0.2, 0) is 17.9 Å². The van der Waals surface area contributed by atoms with E-state index in [0.717, 1.165) is 71.1 Å². The Kier molecular flexibility index (Phi) is 7.68. The lowest BCUT2D eigenvalue weighted by Crippen LogP contribution is -2.39. The summed E-state index contributed by atoms with van der Waals surface area (Å²) in [5.41, 5.74) is 12.1. The lowest BCUT2D eigenvalue weighted by Gasteiger charge is -2.21. The Hall–Kier alpha value is -4.24. The fourth-order valence-corrected chi connectivity index (χ4v) is 6.68. The molecule has 0 radical (unpaired) electrons. The third-order valence-corrected chi connectivity index (χ3v) is 8.92. The average molecular weight is 567 g/mol. The fourth-order valence-electron chi connectivity index (χ4n) is 6.68. The molecular weight excluding hydrogens is 528 g/mol. The third-order valence-electron chi connectivity index (χ3n) is 8.92. The van der Waals surface area contributed by atoms with Crippen LogP contribution in [0.3, 0.4) is 0 Å². The summed E-state index contributed by atoms with van der Waals surface area (Å²) < 4.78 is 2.09. The van der Waals surface area contributed by atoms with Crippen LogP contribution >= 0.6 is 0 Å². The second-order valence-electron chi connectivity index (χ2n) is 11.8. The standard InChI is InChI=1S/C33H38N6O3/c1-20-14-21(2)37-33(42)27(20)17-35-32(41)26-15-24(16-30-28(26)18-36-39(30)25-6-3-4-7-25)23-11-9-22(10-12-23)19-38-13-5-8-29(38)31(34)40/h9-12,14-16,18,25,29H,3-8,13,17,19H2,1-2H3,(H2,34,40)(H,35,41)(H,37,42)/t29-/m1/s1. The van der Waals surface area contributed by atoms with Crippen LogP contribution in [-0.4, -0.2) is 44.1 Å². The van der Waals surface area contributed by atoms with Gasteiger partial charge in [-0.3, -0.25) is 24.0 Å². The molecule has 2 fully saturated rings. The van der Waals surface area contributed by atoms with Crippen LogP contribution in [0.1, 0.15) is 77.3 Å². The summed E-state index contributed by atoms with van der Waals surface area (Å²) in [5.74, 6) is -0.500. The molecule has 2 aromatic carbocycles. The topological polar surface area (TPSA) is 126 Å². The van der Waals surface area contributed by atoms with Crippen LogP contribution in [0.25, 0.3) is 22.0 Å². The van der Waals surface area contributed by atoms with E-state index in [1.54, 1.807) is 6.20 Å². The number of hydrogen-bond acceptors (Lipinski definition) is 5. The number of nitrogens with one attached hydrogen (secondary N) is 2. The smallest absolute Gasteiger partial charge is 0.253 e. The number of nitrogens with two attached hydrogens (primary N) is 1. The van der Waals surface area contributed by atoms with Gasteiger partial charge in [-0.1, -0.05) is 37.1 Å². The summed E-state index contributed by atoms with van der Waals surface area (Å²) in [6.07, 6.45) is 8.10. The molecule has 2 aromatic heterocycles. The number of primary amides is 1. The predicted octanol–water partition coefficient (Wildman–Crippen LogP) is 4.50. The SMILES string of the molecule is Cc1cc(C)c(CNC(=O)c2cc(-c3ccc(CN4CCC[C@@H]4C(N)=O)cc3)cc3c2cnn3C2CCCC2)c(=O)[nH]1. The van der Waals surface area contributed by atoms with Gasteiger partial charge < -0.3 is 16.0 Å². The van der Waals surface area contributed by atoms with E-state index in [1.165, 1.54) is 12.8 Å². The molecule has 1 saturated carbocycles. The predicted molar refractivity (Wildman–Crippen MR) is 163 cm³/mol. The zero-order valence-electron chi connectivity index (χ0n) is 24.3. The molecule has 1 saturated heterocycles. The van der Waals surface area contributed by atoms with Gasteiger partial charge in [-0.05, 0) is 86.5 Å². The largest absolute Gasteiger partial charge is 0.368 e. The van der Waals surface area contributed by atoms with E-state index < -0.39 is 0 Å². The summed E-state index contributed by atoms with van der Waals surface area (Å²) in [6, 6.07) is 14.4. The van der Waals surface area contributed by atoms with Gasteiger partial charge in [-0.2, -0.15) is 5.10 Å². The van der Waals surface area contributed by atoms with E-state index in [2.05, 4.69) is 50.2 Å². The highest BCUT2D eigenvalue weighted by Gasteiger charge is 2.29. The van der Waals surface area contributed by atoms with Gasteiger partial charge in [0.15, 0.2) is 0 Å². The molecule has 9 nitrogen and oxygen atoms in total. The van der Waals surface area contributed by atoms with Crippen molar-refractivity contribution in [3.63, 3.8) is 0 Å². The number of hydrogen-bond donors (Lipinski definition) is 3. The molecule has 9 heteroatoms. The summed E-state index contributed by atoms with van der Waals surface area (Å²) in [4.78, 5) is 43.0. The van der Waals surface area contributed by atoms with Crippen LogP contribution in [0, 0.1) is 13.8 Å². The Balaban J connectivity index is 1.32. The Morgan fingerprint density at radius 3 is 2.50 bits per heavy atom. The minimum absolute atomic E-state index is 0.139. The highest BCUT2D eigenvalue weighted by Crippen LogP contribution is 2.35. The number of amides is 2. The van der Waals surface area contributed by atoms with E-state index in [-0.39, 0.29) is 30.0 Å². The maximum Gasteiger partial charge on any atom is 0.253 e. The van der Waals surface area contributed by atoms with Crippen molar-refractivity contribution in [2.75, 3.05) is 6.54 Å². The first-order valence-electron chi connectivity index (χ1n) is 14.9. The first kappa shape index (κ1) is 27.9. The number of carbonyl (C=O) groups excluding carboxylic acids is 2. The number of H-pyrrole nitrogens is 1. The number of likely N-dealkylation sites (tertiary alicyclic amines) is 1. The first-order valence-corrected chi connectivity index (χ1v) is 14.9. The van der Waals surface area contributed by atoms with Gasteiger partial charge >= 0.3 is 0 Å². The van der Waals surface area contributed by atoms with E-state index in [9.17, 15) is 14.4 Å². The molecule has 0 unspecified atom stereocenters. The van der Waals surface area contributed by atoms with Gasteiger partial charge in [0.05, 0.1) is 29.4 Å². The van der Waals surface area contributed by atoms with Crippen molar-refractivity contribution in [1.29, 1.82) is 0 Å². The number of rotatable bonds is 8. The number of carbonyl (C=O) groups is 2. The number of aryl methyl sites for hydroxylation is 2. The van der Waals surface area contributed by atoms with Crippen molar-refractivity contribution in [1.82, 2.24) is 25.0 Å². The zero-order valence-corrected chi connectivity index (χ0v) is 24.3.